The molecule has 2 rings (SSSR count). The third-order valence-corrected chi connectivity index (χ3v) is 1.88. The fraction of sp³-hybridized carbons (Fsp3) is 1.00. The van der Waals surface area contributed by atoms with E-state index in [4.69, 9.17) is 10.5 Å². The van der Waals surface area contributed by atoms with E-state index in [0.717, 1.165) is 38.8 Å². The summed E-state index contributed by atoms with van der Waals surface area (Å²) in [4.78, 5) is 0. The minimum Gasteiger partial charge on any atom is -0.379 e. The van der Waals surface area contributed by atoms with Crippen LogP contribution in [0.2, 0.25) is 0 Å². The van der Waals surface area contributed by atoms with Gasteiger partial charge < -0.3 is 15.8 Å². The Morgan fingerprint density at radius 1 is 1.27 bits per heavy atom. The van der Waals surface area contributed by atoms with Gasteiger partial charge in [0.05, 0.1) is 13.2 Å². The number of rotatable bonds is 1. The number of morpholine rings is 1. The van der Waals surface area contributed by atoms with Gasteiger partial charge in [0.2, 0.25) is 0 Å². The Hall–Kier alpha value is -0.120. The zero-order chi connectivity index (χ0) is 7.94. The summed E-state index contributed by atoms with van der Waals surface area (Å²) in [6, 6.07) is 0. The second-order valence-electron chi connectivity index (χ2n) is 3.04. The third-order valence-electron chi connectivity index (χ3n) is 1.88. The molecule has 2 aliphatic rings. The molecule has 0 bridgehead atoms. The number of nitrogens with two attached hydrogens (primary N) is 1. The van der Waals surface area contributed by atoms with Crippen molar-refractivity contribution in [1.29, 1.82) is 0 Å². The van der Waals surface area contributed by atoms with E-state index in [1.807, 2.05) is 0 Å². The molecule has 2 fully saturated rings. The average Bonchev–Trinajstić information content (AvgIpc) is 2.91. The van der Waals surface area contributed by atoms with Crippen LogP contribution in [-0.4, -0.2) is 32.8 Å². The lowest BCUT2D eigenvalue weighted by Gasteiger charge is -2.10. The van der Waals surface area contributed by atoms with E-state index in [9.17, 15) is 0 Å². The molecule has 0 amide bonds. The first-order valence-electron chi connectivity index (χ1n) is 4.42. The highest BCUT2D eigenvalue weighted by molar-refractivity contribution is 4.72. The smallest absolute Gasteiger partial charge is 0.0591 e. The number of nitrogens with one attached hydrogen (secondary N) is 1. The average molecular weight is 158 g/mol. The Morgan fingerprint density at radius 3 is 2.00 bits per heavy atom. The summed E-state index contributed by atoms with van der Waals surface area (Å²) >= 11 is 0. The van der Waals surface area contributed by atoms with Crippen molar-refractivity contribution < 1.29 is 4.74 Å². The summed E-state index contributed by atoms with van der Waals surface area (Å²) in [5.74, 6) is 0.912. The molecule has 11 heavy (non-hydrogen) atoms. The molecule has 0 unspecified atom stereocenters. The van der Waals surface area contributed by atoms with Crippen molar-refractivity contribution in [3.63, 3.8) is 0 Å². The minimum absolute atomic E-state index is 0.889. The molecule has 3 heteroatoms. The molecule has 3 nitrogen and oxygen atoms in total. The van der Waals surface area contributed by atoms with Gasteiger partial charge in [0.25, 0.3) is 0 Å². The quantitative estimate of drug-likeness (QED) is 0.563. The molecule has 66 valence electrons. The molecule has 0 aromatic carbocycles. The van der Waals surface area contributed by atoms with Gasteiger partial charge in [-0.2, -0.15) is 0 Å². The molecule has 0 spiro atoms. The van der Waals surface area contributed by atoms with Gasteiger partial charge in [-0.3, -0.25) is 0 Å². The van der Waals surface area contributed by atoms with Crippen LogP contribution in [0.3, 0.4) is 0 Å². The first-order chi connectivity index (χ1) is 5.43. The second kappa shape index (κ2) is 5.52. The molecule has 1 aliphatic carbocycles. The molecule has 0 aromatic rings. The molecule has 1 saturated carbocycles. The highest BCUT2D eigenvalue weighted by Crippen LogP contribution is 2.26. The molecular weight excluding hydrogens is 140 g/mol. The predicted octanol–water partition coefficient (Wildman–Crippen LogP) is -0.0387. The summed E-state index contributed by atoms with van der Waals surface area (Å²) in [5, 5.41) is 3.16. The van der Waals surface area contributed by atoms with Crippen molar-refractivity contribution in [2.75, 3.05) is 32.8 Å². The van der Waals surface area contributed by atoms with Crippen LogP contribution in [0, 0.1) is 5.92 Å². The zero-order valence-corrected chi connectivity index (χ0v) is 7.01. The van der Waals surface area contributed by atoms with Crippen LogP contribution in [0.4, 0.5) is 0 Å². The van der Waals surface area contributed by atoms with Gasteiger partial charge >= 0.3 is 0 Å². The Balaban J connectivity index is 0.000000112. The van der Waals surface area contributed by atoms with E-state index in [-0.39, 0.29) is 0 Å². The molecule has 0 radical (unpaired) electrons. The Labute approximate surface area is 68.3 Å². The van der Waals surface area contributed by atoms with Gasteiger partial charge in [0.15, 0.2) is 0 Å². The van der Waals surface area contributed by atoms with Crippen molar-refractivity contribution >= 4 is 0 Å². The van der Waals surface area contributed by atoms with Crippen LogP contribution < -0.4 is 11.1 Å². The third kappa shape index (κ3) is 5.18. The van der Waals surface area contributed by atoms with Gasteiger partial charge in [0.1, 0.15) is 0 Å². The van der Waals surface area contributed by atoms with Crippen molar-refractivity contribution in [1.82, 2.24) is 5.32 Å². The normalized spacial score (nSPS) is 23.7. The van der Waals surface area contributed by atoms with Gasteiger partial charge in [0, 0.05) is 13.1 Å². The molecule has 0 aromatic heterocycles. The fourth-order valence-electron chi connectivity index (χ4n) is 0.869. The monoisotopic (exact) mass is 158 g/mol. The first-order valence-corrected chi connectivity index (χ1v) is 4.42. The highest BCUT2D eigenvalue weighted by atomic mass is 16.5. The Morgan fingerprint density at radius 2 is 1.91 bits per heavy atom. The van der Waals surface area contributed by atoms with Gasteiger partial charge in [-0.05, 0) is 25.3 Å². The van der Waals surface area contributed by atoms with E-state index in [2.05, 4.69) is 5.32 Å². The van der Waals surface area contributed by atoms with Gasteiger partial charge in [-0.15, -0.1) is 0 Å². The molecule has 1 saturated heterocycles. The number of hydrogen-bond acceptors (Lipinski definition) is 3. The molecular formula is C8H18N2O. The minimum atomic E-state index is 0.889. The van der Waals surface area contributed by atoms with Crippen molar-refractivity contribution in [3.05, 3.63) is 0 Å². The van der Waals surface area contributed by atoms with E-state index in [0.29, 0.717) is 0 Å². The number of hydrogen-bond donors (Lipinski definition) is 2. The van der Waals surface area contributed by atoms with E-state index < -0.39 is 0 Å². The Bertz CT molecular complexity index is 78.6. The largest absolute Gasteiger partial charge is 0.379 e. The summed E-state index contributed by atoms with van der Waals surface area (Å²) in [6.45, 7) is 4.75. The van der Waals surface area contributed by atoms with Crippen molar-refractivity contribution in [2.45, 2.75) is 12.8 Å². The maximum absolute atomic E-state index is 5.23. The lowest BCUT2D eigenvalue weighted by Crippen LogP contribution is -2.30. The highest BCUT2D eigenvalue weighted by Gasteiger charge is 2.17. The zero-order valence-electron chi connectivity index (χ0n) is 7.01. The van der Waals surface area contributed by atoms with Gasteiger partial charge in [-0.1, -0.05) is 0 Å². The fourth-order valence-corrected chi connectivity index (χ4v) is 0.869. The van der Waals surface area contributed by atoms with E-state index in [1.54, 1.807) is 0 Å². The maximum Gasteiger partial charge on any atom is 0.0591 e. The lowest BCUT2D eigenvalue weighted by atomic mass is 10.5. The Kier molecular flexibility index (Phi) is 4.50. The summed E-state index contributed by atoms with van der Waals surface area (Å²) in [7, 11) is 0. The van der Waals surface area contributed by atoms with Crippen LogP contribution in [-0.2, 0) is 4.74 Å². The van der Waals surface area contributed by atoms with Crippen molar-refractivity contribution in [3.8, 4) is 0 Å². The lowest BCUT2D eigenvalue weighted by molar-refractivity contribution is 0.109. The summed E-state index contributed by atoms with van der Waals surface area (Å²) in [5.41, 5.74) is 5.23. The van der Waals surface area contributed by atoms with Crippen molar-refractivity contribution in [2.24, 2.45) is 11.7 Å². The molecule has 0 atom stereocenters. The summed E-state index contributed by atoms with van der Waals surface area (Å²) < 4.78 is 5.01. The van der Waals surface area contributed by atoms with Crippen LogP contribution in [0.1, 0.15) is 12.8 Å². The van der Waals surface area contributed by atoms with E-state index >= 15 is 0 Å². The molecule has 3 N–H and O–H groups in total. The maximum atomic E-state index is 5.23. The SMILES string of the molecule is C1COCCN1.NCC1CC1. The number of ether oxygens (including phenoxy) is 1. The standard InChI is InChI=1S/C4H9NO.C4H9N/c1-3-6-4-2-5-1;5-3-4-1-2-4/h5H,1-4H2;4H,1-3,5H2. The van der Waals surface area contributed by atoms with Crippen LogP contribution in [0.15, 0.2) is 0 Å². The topological polar surface area (TPSA) is 47.3 Å². The summed E-state index contributed by atoms with van der Waals surface area (Å²) in [6.07, 6.45) is 2.77. The van der Waals surface area contributed by atoms with Crippen LogP contribution in [0.5, 0.6) is 0 Å². The first kappa shape index (κ1) is 8.97. The molecule has 1 aliphatic heterocycles. The second-order valence-corrected chi connectivity index (χ2v) is 3.04. The van der Waals surface area contributed by atoms with Crippen LogP contribution in [0.25, 0.3) is 0 Å². The van der Waals surface area contributed by atoms with E-state index in [1.165, 1.54) is 12.8 Å². The van der Waals surface area contributed by atoms with Gasteiger partial charge in [-0.25, -0.2) is 0 Å². The predicted molar refractivity (Wildman–Crippen MR) is 45.5 cm³/mol. The molecule has 1 heterocycles. The van der Waals surface area contributed by atoms with Crippen LogP contribution >= 0.6 is 0 Å².